The Balaban J connectivity index is 1.91. The minimum atomic E-state index is -0.864. The van der Waals surface area contributed by atoms with Crippen LogP contribution in [0.25, 0.3) is 0 Å². The molecule has 0 aromatic heterocycles. The maximum Gasteiger partial charge on any atom is 0.312 e. The van der Waals surface area contributed by atoms with Gasteiger partial charge < -0.3 is 26.4 Å². The highest BCUT2D eigenvalue weighted by Crippen LogP contribution is 2.20. The van der Waals surface area contributed by atoms with Crippen LogP contribution in [0, 0.1) is 11.8 Å². The SMILES string of the molecule is CC(=O)NCCCC(=O)OCc1ccc(CC(=O)[C@H](CCCNC(N)=O)NC(=O)[C@@H](CC(=O)CCCCCN2C(=O)C=CC2=O)C(C)C)cc1. The van der Waals surface area contributed by atoms with Crippen LogP contribution in [0.5, 0.6) is 0 Å². The predicted molar refractivity (Wildman–Crippen MR) is 184 cm³/mol. The molecule has 0 spiro atoms. The van der Waals surface area contributed by atoms with Crippen LogP contribution in [0.15, 0.2) is 36.4 Å². The van der Waals surface area contributed by atoms with Crippen molar-refractivity contribution < 1.29 is 43.1 Å². The van der Waals surface area contributed by atoms with Crippen molar-refractivity contribution in [3.63, 3.8) is 0 Å². The van der Waals surface area contributed by atoms with E-state index in [4.69, 9.17) is 10.5 Å². The molecule has 0 saturated heterocycles. The Morgan fingerprint density at radius 3 is 2.08 bits per heavy atom. The minimum Gasteiger partial charge on any atom is -0.461 e. The standard InChI is InChI=1S/C36H51N5O9/c1-24(2)29(22-28(43)9-5-4-6-20-41-32(45)16-17-33(41)46)35(48)40-30(10-7-19-39-36(37)49)31(44)21-26-12-14-27(15-13-26)23-50-34(47)11-8-18-38-25(3)42/h12-17,24,29-30H,4-11,18-23H2,1-3H3,(H,38,42)(H,40,48)(H3,37,39,49)/t29-,30-/m0/s1. The molecule has 1 aromatic rings. The summed E-state index contributed by atoms with van der Waals surface area (Å²) in [5, 5.41) is 7.96. The smallest absolute Gasteiger partial charge is 0.312 e. The number of carbonyl (C=O) groups excluding carboxylic acids is 8. The molecule has 0 fully saturated rings. The first-order chi connectivity index (χ1) is 23.8. The molecule has 1 aliphatic rings. The number of ketones is 2. The fourth-order valence-electron chi connectivity index (χ4n) is 5.32. The second-order valence-corrected chi connectivity index (χ2v) is 12.8. The van der Waals surface area contributed by atoms with Gasteiger partial charge >= 0.3 is 12.0 Å². The van der Waals surface area contributed by atoms with Crippen molar-refractivity contribution in [2.24, 2.45) is 17.6 Å². The largest absolute Gasteiger partial charge is 0.461 e. The first-order valence-electron chi connectivity index (χ1n) is 17.2. The lowest BCUT2D eigenvalue weighted by Gasteiger charge is -2.24. The summed E-state index contributed by atoms with van der Waals surface area (Å²) in [6.45, 7) is 6.05. The van der Waals surface area contributed by atoms with E-state index < -0.39 is 23.9 Å². The van der Waals surface area contributed by atoms with E-state index in [0.29, 0.717) is 50.8 Å². The molecule has 6 amide bonds. The Morgan fingerprint density at radius 2 is 1.46 bits per heavy atom. The van der Waals surface area contributed by atoms with Crippen molar-refractivity contribution in [2.75, 3.05) is 19.6 Å². The molecule has 0 saturated carbocycles. The summed E-state index contributed by atoms with van der Waals surface area (Å²) in [6, 6.07) is 5.44. The van der Waals surface area contributed by atoms with E-state index in [1.807, 2.05) is 13.8 Å². The highest BCUT2D eigenvalue weighted by Gasteiger charge is 2.29. The van der Waals surface area contributed by atoms with Crippen molar-refractivity contribution in [3.05, 3.63) is 47.5 Å². The third kappa shape index (κ3) is 16.0. The number of imide groups is 1. The number of urea groups is 1. The van der Waals surface area contributed by atoms with Gasteiger partial charge in [0.1, 0.15) is 12.4 Å². The molecule has 0 unspecified atom stereocenters. The molecule has 1 aliphatic heterocycles. The molecule has 0 radical (unpaired) electrons. The summed E-state index contributed by atoms with van der Waals surface area (Å²) < 4.78 is 5.28. The average Bonchev–Trinajstić information content (AvgIpc) is 3.38. The number of unbranched alkanes of at least 4 members (excludes halogenated alkanes) is 2. The second kappa shape index (κ2) is 22.0. The molecule has 0 bridgehead atoms. The van der Waals surface area contributed by atoms with Gasteiger partial charge in [-0.1, -0.05) is 44.5 Å². The summed E-state index contributed by atoms with van der Waals surface area (Å²) in [5.74, 6) is -2.77. The maximum atomic E-state index is 13.5. The van der Waals surface area contributed by atoms with Crippen LogP contribution >= 0.6 is 0 Å². The number of hydrogen-bond donors (Lipinski definition) is 4. The van der Waals surface area contributed by atoms with Crippen LogP contribution in [0.1, 0.15) is 89.7 Å². The lowest BCUT2D eigenvalue weighted by atomic mass is 9.88. The van der Waals surface area contributed by atoms with Crippen LogP contribution in [0.3, 0.4) is 0 Å². The average molecular weight is 698 g/mol. The number of esters is 1. The number of primary amides is 1. The van der Waals surface area contributed by atoms with Gasteiger partial charge in [-0.3, -0.25) is 38.5 Å². The molecule has 14 nitrogen and oxygen atoms in total. The molecule has 1 heterocycles. The minimum absolute atomic E-state index is 0.0159. The van der Waals surface area contributed by atoms with Gasteiger partial charge in [-0.25, -0.2) is 4.79 Å². The topological polar surface area (TPSA) is 211 Å². The second-order valence-electron chi connectivity index (χ2n) is 12.8. The Bertz CT molecular complexity index is 1370. The van der Waals surface area contributed by atoms with Crippen molar-refractivity contribution in [3.8, 4) is 0 Å². The zero-order valence-corrected chi connectivity index (χ0v) is 29.3. The van der Waals surface area contributed by atoms with Crippen molar-refractivity contribution in [2.45, 2.75) is 97.6 Å². The molecule has 1 aromatic carbocycles. The normalized spacial score (nSPS) is 13.6. The van der Waals surface area contributed by atoms with Crippen LogP contribution < -0.4 is 21.7 Å². The monoisotopic (exact) mass is 697 g/mol. The van der Waals surface area contributed by atoms with Crippen LogP contribution in [-0.2, 0) is 51.3 Å². The molecule has 5 N–H and O–H groups in total. The number of benzene rings is 1. The maximum absolute atomic E-state index is 13.5. The fraction of sp³-hybridized carbons (Fsp3) is 0.556. The lowest BCUT2D eigenvalue weighted by molar-refractivity contribution is -0.145. The quantitative estimate of drug-likeness (QED) is 0.0709. The molecule has 2 atom stereocenters. The molecule has 0 aliphatic carbocycles. The first-order valence-corrected chi connectivity index (χ1v) is 17.2. The number of nitrogens with one attached hydrogen (secondary N) is 3. The van der Waals surface area contributed by atoms with E-state index in [2.05, 4.69) is 16.0 Å². The molecule has 14 heteroatoms. The summed E-state index contributed by atoms with van der Waals surface area (Å²) in [6.07, 6.45) is 5.82. The Kier molecular flexibility index (Phi) is 18.1. The molecule has 2 rings (SSSR count). The van der Waals surface area contributed by atoms with Gasteiger partial charge in [-0.15, -0.1) is 0 Å². The van der Waals surface area contributed by atoms with E-state index in [1.54, 1.807) is 24.3 Å². The Morgan fingerprint density at radius 1 is 0.820 bits per heavy atom. The van der Waals surface area contributed by atoms with E-state index >= 15 is 0 Å². The number of nitrogens with two attached hydrogens (primary N) is 1. The Hall–Kier alpha value is -4.88. The third-order valence-electron chi connectivity index (χ3n) is 8.23. The zero-order valence-electron chi connectivity index (χ0n) is 29.3. The molecule has 50 heavy (non-hydrogen) atoms. The zero-order chi connectivity index (χ0) is 37.1. The highest BCUT2D eigenvalue weighted by atomic mass is 16.5. The van der Waals surface area contributed by atoms with Gasteiger partial charge in [-0.2, -0.15) is 0 Å². The Labute approximate surface area is 293 Å². The third-order valence-corrected chi connectivity index (χ3v) is 8.23. The van der Waals surface area contributed by atoms with Gasteiger partial charge in [0.05, 0.1) is 6.04 Å². The molecular formula is C36H51N5O9. The first kappa shape index (κ1) is 41.3. The van der Waals surface area contributed by atoms with Crippen LogP contribution in [0.2, 0.25) is 0 Å². The fourth-order valence-corrected chi connectivity index (χ4v) is 5.32. The van der Waals surface area contributed by atoms with E-state index in [-0.39, 0.29) is 86.4 Å². The number of rotatable bonds is 24. The van der Waals surface area contributed by atoms with Crippen molar-refractivity contribution in [1.82, 2.24) is 20.9 Å². The van der Waals surface area contributed by atoms with Gasteiger partial charge in [0.2, 0.25) is 11.8 Å². The summed E-state index contributed by atoms with van der Waals surface area (Å²) in [7, 11) is 0. The number of carbonyl (C=O) groups is 8. The number of hydrogen-bond acceptors (Lipinski definition) is 9. The summed E-state index contributed by atoms with van der Waals surface area (Å²) in [4.78, 5) is 98.3. The number of amides is 6. The van der Waals surface area contributed by atoms with Crippen molar-refractivity contribution in [1.29, 1.82) is 0 Å². The highest BCUT2D eigenvalue weighted by molar-refractivity contribution is 6.12. The number of Topliss-reactive ketones (excluding diaryl/α,β-unsaturated/α-hetero) is 2. The molecular weight excluding hydrogens is 646 g/mol. The number of ether oxygens (including phenoxy) is 1. The predicted octanol–water partition coefficient (Wildman–Crippen LogP) is 2.41. The van der Waals surface area contributed by atoms with E-state index in [1.165, 1.54) is 24.0 Å². The van der Waals surface area contributed by atoms with Gasteiger partial charge in [-0.05, 0) is 49.1 Å². The summed E-state index contributed by atoms with van der Waals surface area (Å²) >= 11 is 0. The van der Waals surface area contributed by atoms with E-state index in [9.17, 15) is 38.4 Å². The lowest BCUT2D eigenvalue weighted by Crippen LogP contribution is -2.46. The van der Waals surface area contributed by atoms with Gasteiger partial charge in [0, 0.05) is 70.3 Å². The van der Waals surface area contributed by atoms with Gasteiger partial charge in [0.25, 0.3) is 11.8 Å². The van der Waals surface area contributed by atoms with Crippen LogP contribution in [-0.4, -0.2) is 77.8 Å². The van der Waals surface area contributed by atoms with Gasteiger partial charge in [0.15, 0.2) is 5.78 Å². The van der Waals surface area contributed by atoms with Crippen molar-refractivity contribution >= 4 is 47.2 Å². The summed E-state index contributed by atoms with van der Waals surface area (Å²) in [5.41, 5.74) is 6.59. The molecule has 274 valence electrons. The van der Waals surface area contributed by atoms with Crippen LogP contribution in [0.4, 0.5) is 4.79 Å². The van der Waals surface area contributed by atoms with E-state index in [0.717, 1.165) is 5.56 Å². The number of nitrogens with zero attached hydrogens (tertiary/aromatic N) is 1.